The third-order valence-corrected chi connectivity index (χ3v) is 3.66. The van der Waals surface area contributed by atoms with Gasteiger partial charge < -0.3 is 14.8 Å². The highest BCUT2D eigenvalue weighted by Crippen LogP contribution is 2.27. The van der Waals surface area contributed by atoms with E-state index < -0.39 is 0 Å². The van der Waals surface area contributed by atoms with Crippen LogP contribution in [-0.4, -0.2) is 20.0 Å². The molecule has 0 aliphatic rings. The number of anilines is 1. The average Bonchev–Trinajstić information content (AvgIpc) is 2.57. The van der Waals surface area contributed by atoms with Gasteiger partial charge >= 0.3 is 0 Å². The molecular weight excluding hydrogens is 290 g/mol. The molecular formula is C19H21NO3. The third-order valence-electron chi connectivity index (χ3n) is 3.66. The molecule has 0 bridgehead atoms. The molecule has 0 amide bonds. The lowest BCUT2D eigenvalue weighted by molar-refractivity contribution is 0.104. The highest BCUT2D eigenvalue weighted by atomic mass is 16.5. The fourth-order valence-corrected chi connectivity index (χ4v) is 2.13. The Kier molecular flexibility index (Phi) is 5.41. The number of hydrogen-bond donors (Lipinski definition) is 1. The number of methoxy groups -OCH3 is 2. The molecule has 0 spiro atoms. The van der Waals surface area contributed by atoms with Crippen molar-refractivity contribution in [2.75, 3.05) is 19.5 Å². The molecule has 1 N–H and O–H groups in total. The molecule has 23 heavy (non-hydrogen) atoms. The molecule has 0 heterocycles. The van der Waals surface area contributed by atoms with Crippen LogP contribution in [0.4, 0.5) is 5.69 Å². The summed E-state index contributed by atoms with van der Waals surface area (Å²) < 4.78 is 10.4. The minimum Gasteiger partial charge on any atom is -0.493 e. The van der Waals surface area contributed by atoms with Gasteiger partial charge in [-0.1, -0.05) is 6.07 Å². The molecule has 0 saturated heterocycles. The van der Waals surface area contributed by atoms with Gasteiger partial charge in [-0.3, -0.25) is 4.79 Å². The Labute approximate surface area is 136 Å². The Morgan fingerprint density at radius 3 is 2.35 bits per heavy atom. The van der Waals surface area contributed by atoms with Crippen molar-refractivity contribution in [2.24, 2.45) is 0 Å². The molecule has 2 aromatic carbocycles. The minimum absolute atomic E-state index is 0.109. The van der Waals surface area contributed by atoms with E-state index >= 15 is 0 Å². The van der Waals surface area contributed by atoms with Crippen molar-refractivity contribution in [2.45, 2.75) is 13.8 Å². The maximum atomic E-state index is 12.2. The van der Waals surface area contributed by atoms with E-state index in [2.05, 4.69) is 19.2 Å². The van der Waals surface area contributed by atoms with Gasteiger partial charge in [0.05, 0.1) is 14.2 Å². The van der Waals surface area contributed by atoms with Gasteiger partial charge in [-0.05, 0) is 55.3 Å². The first-order valence-electron chi connectivity index (χ1n) is 7.32. The summed E-state index contributed by atoms with van der Waals surface area (Å²) >= 11 is 0. The third kappa shape index (κ3) is 4.13. The Hall–Kier alpha value is -2.75. The van der Waals surface area contributed by atoms with Gasteiger partial charge in [0.2, 0.25) is 0 Å². The highest BCUT2D eigenvalue weighted by molar-refractivity contribution is 6.05. The monoisotopic (exact) mass is 311 g/mol. The lowest BCUT2D eigenvalue weighted by Gasteiger charge is -2.08. The lowest BCUT2D eigenvalue weighted by Crippen LogP contribution is -1.99. The number of carbonyl (C=O) groups is 1. The van der Waals surface area contributed by atoms with Crippen LogP contribution in [0.25, 0.3) is 0 Å². The van der Waals surface area contributed by atoms with Crippen LogP contribution in [-0.2, 0) is 0 Å². The van der Waals surface area contributed by atoms with Crippen molar-refractivity contribution >= 4 is 11.5 Å². The molecule has 2 rings (SSSR count). The van der Waals surface area contributed by atoms with E-state index in [1.165, 1.54) is 17.2 Å². The Balaban J connectivity index is 2.07. The first kappa shape index (κ1) is 16.6. The second kappa shape index (κ2) is 7.49. The van der Waals surface area contributed by atoms with Crippen LogP contribution in [0.1, 0.15) is 21.5 Å². The van der Waals surface area contributed by atoms with Crippen LogP contribution in [0, 0.1) is 13.8 Å². The predicted octanol–water partition coefficient (Wildman–Crippen LogP) is 4.13. The Morgan fingerprint density at radius 1 is 0.957 bits per heavy atom. The molecule has 0 unspecified atom stereocenters. The van der Waals surface area contributed by atoms with E-state index in [1.54, 1.807) is 38.6 Å². The normalized spacial score (nSPS) is 10.6. The second-order valence-electron chi connectivity index (χ2n) is 5.21. The molecule has 120 valence electrons. The lowest BCUT2D eigenvalue weighted by atomic mass is 10.1. The van der Waals surface area contributed by atoms with Gasteiger partial charge in [-0.2, -0.15) is 0 Å². The van der Waals surface area contributed by atoms with E-state index in [0.29, 0.717) is 17.1 Å². The highest BCUT2D eigenvalue weighted by Gasteiger charge is 2.08. The number of hydrogen-bond acceptors (Lipinski definition) is 4. The van der Waals surface area contributed by atoms with Crippen molar-refractivity contribution < 1.29 is 14.3 Å². The maximum Gasteiger partial charge on any atom is 0.187 e. The quantitative estimate of drug-likeness (QED) is 0.643. The van der Waals surface area contributed by atoms with Crippen LogP contribution in [0.5, 0.6) is 11.5 Å². The summed E-state index contributed by atoms with van der Waals surface area (Å²) in [6, 6.07) is 11.2. The van der Waals surface area contributed by atoms with Crippen LogP contribution in [0.15, 0.2) is 48.7 Å². The zero-order chi connectivity index (χ0) is 16.8. The van der Waals surface area contributed by atoms with Crippen molar-refractivity contribution in [3.8, 4) is 11.5 Å². The van der Waals surface area contributed by atoms with Gasteiger partial charge in [0.15, 0.2) is 17.3 Å². The molecule has 4 nitrogen and oxygen atoms in total. The number of ether oxygens (including phenoxy) is 2. The zero-order valence-corrected chi connectivity index (χ0v) is 13.8. The van der Waals surface area contributed by atoms with Gasteiger partial charge in [0.25, 0.3) is 0 Å². The van der Waals surface area contributed by atoms with Crippen molar-refractivity contribution in [3.05, 3.63) is 65.4 Å². The molecule has 2 aromatic rings. The fourth-order valence-electron chi connectivity index (χ4n) is 2.13. The summed E-state index contributed by atoms with van der Waals surface area (Å²) in [6.07, 6.45) is 3.14. The number of rotatable bonds is 6. The minimum atomic E-state index is -0.109. The molecule has 0 aliphatic carbocycles. The predicted molar refractivity (Wildman–Crippen MR) is 92.6 cm³/mol. The van der Waals surface area contributed by atoms with Crippen LogP contribution in [0.3, 0.4) is 0 Å². The molecule has 0 atom stereocenters. The fraction of sp³-hybridized carbons (Fsp3) is 0.211. The van der Waals surface area contributed by atoms with E-state index in [1.807, 2.05) is 18.2 Å². The number of nitrogens with one attached hydrogen (secondary N) is 1. The van der Waals surface area contributed by atoms with Crippen LogP contribution < -0.4 is 14.8 Å². The number of ketones is 1. The summed E-state index contributed by atoms with van der Waals surface area (Å²) in [6.45, 7) is 4.12. The van der Waals surface area contributed by atoms with Gasteiger partial charge in [-0.25, -0.2) is 0 Å². The summed E-state index contributed by atoms with van der Waals surface area (Å²) in [7, 11) is 3.11. The number of carbonyl (C=O) groups excluding carboxylic acids is 1. The van der Waals surface area contributed by atoms with Crippen LogP contribution >= 0.6 is 0 Å². The Bertz CT molecular complexity index is 735. The van der Waals surface area contributed by atoms with E-state index in [0.717, 1.165) is 5.69 Å². The summed E-state index contributed by atoms with van der Waals surface area (Å²) in [5.41, 5.74) is 3.93. The first-order valence-corrected chi connectivity index (χ1v) is 7.32. The molecule has 0 aromatic heterocycles. The Morgan fingerprint density at radius 2 is 1.70 bits per heavy atom. The van der Waals surface area contributed by atoms with E-state index in [9.17, 15) is 4.79 Å². The van der Waals surface area contributed by atoms with Gasteiger partial charge in [-0.15, -0.1) is 0 Å². The maximum absolute atomic E-state index is 12.2. The molecule has 0 saturated carbocycles. The second-order valence-corrected chi connectivity index (χ2v) is 5.21. The standard InChI is InChI=1S/C19H21NO3/c1-13-5-7-16(11-14(13)2)20-10-9-17(21)15-6-8-18(22-3)19(12-15)23-4/h5-12,20H,1-4H3. The summed E-state index contributed by atoms with van der Waals surface area (Å²) in [4.78, 5) is 12.2. The largest absolute Gasteiger partial charge is 0.493 e. The summed E-state index contributed by atoms with van der Waals surface area (Å²) in [5, 5.41) is 3.11. The molecule has 0 aliphatic heterocycles. The van der Waals surface area contributed by atoms with Crippen LogP contribution in [0.2, 0.25) is 0 Å². The molecule has 0 radical (unpaired) electrons. The van der Waals surface area contributed by atoms with Crippen molar-refractivity contribution in [1.82, 2.24) is 0 Å². The average molecular weight is 311 g/mol. The van der Waals surface area contributed by atoms with E-state index in [-0.39, 0.29) is 5.78 Å². The van der Waals surface area contributed by atoms with Crippen molar-refractivity contribution in [3.63, 3.8) is 0 Å². The van der Waals surface area contributed by atoms with Gasteiger partial charge in [0, 0.05) is 23.5 Å². The SMILES string of the molecule is COc1ccc(C(=O)C=CNc2ccc(C)c(C)c2)cc1OC. The van der Waals surface area contributed by atoms with Gasteiger partial charge in [0.1, 0.15) is 0 Å². The van der Waals surface area contributed by atoms with E-state index in [4.69, 9.17) is 9.47 Å². The first-order chi connectivity index (χ1) is 11.0. The smallest absolute Gasteiger partial charge is 0.187 e. The molecule has 4 heteroatoms. The number of benzene rings is 2. The number of aryl methyl sites for hydroxylation is 2. The molecule has 0 fully saturated rings. The van der Waals surface area contributed by atoms with Crippen molar-refractivity contribution in [1.29, 1.82) is 0 Å². The number of allylic oxidation sites excluding steroid dienone is 1. The topological polar surface area (TPSA) is 47.6 Å². The summed E-state index contributed by atoms with van der Waals surface area (Å²) in [5.74, 6) is 1.03. The zero-order valence-electron chi connectivity index (χ0n) is 13.8.